The summed E-state index contributed by atoms with van der Waals surface area (Å²) in [5, 5.41) is 2.75. The van der Waals surface area contributed by atoms with Gasteiger partial charge in [0.1, 0.15) is 5.60 Å². The lowest BCUT2D eigenvalue weighted by atomic mass is 9.92. The summed E-state index contributed by atoms with van der Waals surface area (Å²) in [6, 6.07) is 2.09. The van der Waals surface area contributed by atoms with Crippen molar-refractivity contribution >= 4 is 22.1 Å². The number of benzene rings is 1. The number of anilines is 1. The second kappa shape index (κ2) is 10.2. The van der Waals surface area contributed by atoms with Crippen molar-refractivity contribution in [2.24, 2.45) is 0 Å². The molecule has 13 heteroatoms. The van der Waals surface area contributed by atoms with Gasteiger partial charge in [0.15, 0.2) is 0 Å². The first-order valence-electron chi connectivity index (χ1n) is 11.4. The molecule has 1 saturated carbocycles. The molecule has 0 saturated heterocycles. The van der Waals surface area contributed by atoms with Crippen molar-refractivity contribution in [1.29, 1.82) is 0 Å². The zero-order valence-electron chi connectivity index (χ0n) is 20.4. The molecule has 0 radical (unpaired) electrons. The van der Waals surface area contributed by atoms with Gasteiger partial charge in [-0.1, -0.05) is 6.07 Å². The van der Waals surface area contributed by atoms with Gasteiger partial charge < -0.3 is 15.8 Å². The van der Waals surface area contributed by atoms with E-state index in [9.17, 15) is 26.4 Å². The molecule has 1 aliphatic carbocycles. The van der Waals surface area contributed by atoms with E-state index in [0.29, 0.717) is 36.9 Å². The molecule has 1 fully saturated rings. The van der Waals surface area contributed by atoms with Gasteiger partial charge in [0.2, 0.25) is 16.0 Å². The van der Waals surface area contributed by atoms with Gasteiger partial charge in [-0.05, 0) is 71.1 Å². The summed E-state index contributed by atoms with van der Waals surface area (Å²) in [7, 11) is -4.54. The quantitative estimate of drug-likeness (QED) is 0.529. The van der Waals surface area contributed by atoms with Crippen LogP contribution in [0.5, 0.6) is 0 Å². The zero-order chi connectivity index (χ0) is 26.9. The van der Waals surface area contributed by atoms with Crippen molar-refractivity contribution in [2.75, 3.05) is 5.73 Å². The molecule has 1 heterocycles. The Hall–Kier alpha value is -2.93. The summed E-state index contributed by atoms with van der Waals surface area (Å²) in [6.45, 7) is 6.82. The van der Waals surface area contributed by atoms with E-state index < -0.39 is 44.4 Å². The van der Waals surface area contributed by atoms with E-state index in [4.69, 9.17) is 10.5 Å². The van der Waals surface area contributed by atoms with Crippen LogP contribution in [-0.2, 0) is 20.9 Å². The number of nitrogen functional groups attached to an aromatic ring is 1. The highest BCUT2D eigenvalue weighted by molar-refractivity contribution is 7.89. The standard InChI is InChI=1S/C23H30F3N5O4S/c1-13-17(12-28-20(27)29-13)14-5-10-18(23(24,25)26)19(11-14)36(33,34)31-16-8-6-15(7-9-16)30-21(32)35-22(2,3)4/h5,10-12,15-16,31H,6-9H2,1-4H3,(H,30,32)(H2,27,28,29). The number of hydrogen-bond acceptors (Lipinski definition) is 7. The Balaban J connectivity index is 1.79. The van der Waals surface area contributed by atoms with Crippen molar-refractivity contribution in [3.63, 3.8) is 0 Å². The summed E-state index contributed by atoms with van der Waals surface area (Å²) in [4.78, 5) is 19.0. The van der Waals surface area contributed by atoms with E-state index in [1.165, 1.54) is 12.3 Å². The fourth-order valence-electron chi connectivity index (χ4n) is 4.03. The predicted octanol–water partition coefficient (Wildman–Crippen LogP) is 4.17. The third-order valence-electron chi connectivity index (χ3n) is 5.66. The van der Waals surface area contributed by atoms with Crippen LogP contribution in [-0.4, -0.2) is 42.2 Å². The number of amides is 1. The Morgan fingerprint density at radius 2 is 1.72 bits per heavy atom. The number of ether oxygens (including phenoxy) is 1. The second-order valence-electron chi connectivity index (χ2n) is 9.75. The molecule has 36 heavy (non-hydrogen) atoms. The summed E-state index contributed by atoms with van der Waals surface area (Å²) in [5.74, 6) is -0.00515. The van der Waals surface area contributed by atoms with Crippen molar-refractivity contribution in [1.82, 2.24) is 20.0 Å². The van der Waals surface area contributed by atoms with Gasteiger partial charge >= 0.3 is 12.3 Å². The monoisotopic (exact) mass is 529 g/mol. The number of nitrogens with two attached hydrogens (primary N) is 1. The van der Waals surface area contributed by atoms with Crippen LogP contribution in [0.1, 0.15) is 57.7 Å². The molecule has 0 unspecified atom stereocenters. The van der Waals surface area contributed by atoms with E-state index >= 15 is 0 Å². The number of aryl methyl sites for hydroxylation is 1. The van der Waals surface area contributed by atoms with Gasteiger partial charge in [-0.3, -0.25) is 0 Å². The van der Waals surface area contributed by atoms with Gasteiger partial charge in [-0.15, -0.1) is 0 Å². The lowest BCUT2D eigenvalue weighted by Crippen LogP contribution is -2.45. The van der Waals surface area contributed by atoms with Gasteiger partial charge in [0.05, 0.1) is 16.2 Å². The third-order valence-corrected chi connectivity index (χ3v) is 7.22. The Morgan fingerprint density at radius 3 is 2.28 bits per heavy atom. The van der Waals surface area contributed by atoms with E-state index in [-0.39, 0.29) is 17.6 Å². The summed E-state index contributed by atoms with van der Waals surface area (Å²) in [6.07, 6.45) is -2.55. The average Bonchev–Trinajstić information content (AvgIpc) is 2.72. The van der Waals surface area contributed by atoms with Gasteiger partial charge in [-0.2, -0.15) is 13.2 Å². The van der Waals surface area contributed by atoms with E-state index in [0.717, 1.165) is 12.1 Å². The zero-order valence-corrected chi connectivity index (χ0v) is 21.3. The molecule has 1 aromatic carbocycles. The molecule has 2 aromatic rings. The van der Waals surface area contributed by atoms with Crippen LogP contribution in [0.2, 0.25) is 0 Å². The maximum atomic E-state index is 13.7. The molecule has 9 nitrogen and oxygen atoms in total. The molecule has 1 amide bonds. The Morgan fingerprint density at radius 1 is 1.11 bits per heavy atom. The highest BCUT2D eigenvalue weighted by Crippen LogP contribution is 2.37. The first-order valence-corrected chi connectivity index (χ1v) is 12.9. The van der Waals surface area contributed by atoms with Crippen LogP contribution in [0.4, 0.5) is 23.9 Å². The lowest BCUT2D eigenvalue weighted by Gasteiger charge is -2.30. The van der Waals surface area contributed by atoms with Crippen LogP contribution >= 0.6 is 0 Å². The molecule has 1 aromatic heterocycles. The van der Waals surface area contributed by atoms with Crippen molar-refractivity contribution in [2.45, 2.75) is 82.1 Å². The Bertz CT molecular complexity index is 1220. The molecule has 0 aliphatic heterocycles. The molecule has 198 valence electrons. The van der Waals surface area contributed by atoms with Crippen molar-refractivity contribution in [3.05, 3.63) is 35.7 Å². The molecule has 0 atom stereocenters. The third kappa shape index (κ3) is 7.06. The molecule has 0 spiro atoms. The fraction of sp³-hybridized carbons (Fsp3) is 0.522. The Kier molecular flexibility index (Phi) is 7.84. The molecular formula is C23H30F3N5O4S. The van der Waals surface area contributed by atoms with Gasteiger partial charge in [0.25, 0.3) is 0 Å². The topological polar surface area (TPSA) is 136 Å². The number of carbonyl (C=O) groups is 1. The number of halogens is 3. The van der Waals surface area contributed by atoms with E-state index in [1.54, 1.807) is 27.7 Å². The van der Waals surface area contributed by atoms with Gasteiger partial charge in [0, 0.05) is 23.8 Å². The number of rotatable bonds is 5. The number of hydrogen-bond donors (Lipinski definition) is 3. The minimum atomic E-state index is -4.88. The number of aromatic nitrogens is 2. The highest BCUT2D eigenvalue weighted by atomic mass is 32.2. The van der Waals surface area contributed by atoms with Crippen molar-refractivity contribution < 1.29 is 31.1 Å². The fourth-order valence-corrected chi connectivity index (χ4v) is 5.58. The second-order valence-corrected chi connectivity index (χ2v) is 11.4. The molecule has 4 N–H and O–H groups in total. The number of nitrogens with zero attached hydrogens (tertiary/aromatic N) is 2. The first kappa shape index (κ1) is 27.7. The minimum absolute atomic E-state index is 0.00515. The smallest absolute Gasteiger partial charge is 0.417 e. The SMILES string of the molecule is Cc1nc(N)ncc1-c1ccc(C(F)(F)F)c(S(=O)(=O)NC2CCC(NC(=O)OC(C)(C)C)CC2)c1. The highest BCUT2D eigenvalue weighted by Gasteiger charge is 2.38. The van der Waals surface area contributed by atoms with Crippen LogP contribution in [0.3, 0.4) is 0 Å². The minimum Gasteiger partial charge on any atom is -0.444 e. The van der Waals surface area contributed by atoms with Crippen LogP contribution in [0.15, 0.2) is 29.3 Å². The Labute approximate surface area is 208 Å². The largest absolute Gasteiger partial charge is 0.444 e. The number of carbonyl (C=O) groups excluding carboxylic acids is 1. The maximum absolute atomic E-state index is 13.7. The number of alkyl carbamates (subject to hydrolysis) is 1. The average molecular weight is 530 g/mol. The van der Waals surface area contributed by atoms with Crippen molar-refractivity contribution in [3.8, 4) is 11.1 Å². The number of sulfonamides is 1. The van der Waals surface area contributed by atoms with Crippen LogP contribution in [0, 0.1) is 6.92 Å². The maximum Gasteiger partial charge on any atom is 0.417 e. The predicted molar refractivity (Wildman–Crippen MR) is 127 cm³/mol. The van der Waals surface area contributed by atoms with Crippen LogP contribution in [0.25, 0.3) is 11.1 Å². The van der Waals surface area contributed by atoms with Gasteiger partial charge in [-0.25, -0.2) is 27.9 Å². The number of alkyl halides is 3. The molecule has 0 bridgehead atoms. The number of nitrogens with one attached hydrogen (secondary N) is 2. The summed E-state index contributed by atoms with van der Waals surface area (Å²) in [5.41, 5.74) is 4.60. The molecule has 1 aliphatic rings. The molecule has 3 rings (SSSR count). The van der Waals surface area contributed by atoms with E-state index in [2.05, 4.69) is 20.0 Å². The molecular weight excluding hydrogens is 499 g/mol. The summed E-state index contributed by atoms with van der Waals surface area (Å²) >= 11 is 0. The van der Waals surface area contributed by atoms with E-state index in [1.807, 2.05) is 0 Å². The first-order chi connectivity index (χ1) is 16.5. The summed E-state index contributed by atoms with van der Waals surface area (Å²) < 4.78 is 75.1. The normalized spacial score (nSPS) is 19.1. The lowest BCUT2D eigenvalue weighted by molar-refractivity contribution is -0.139. The van der Waals surface area contributed by atoms with Crippen LogP contribution < -0.4 is 15.8 Å².